The molecular formula is C10H10NaO7S. The molecule has 19 heavy (non-hydrogen) atoms. The predicted molar refractivity (Wildman–Crippen MR) is 65.4 cm³/mol. The molecule has 0 saturated heterocycles. The first-order valence-corrected chi connectivity index (χ1v) is 6.09. The van der Waals surface area contributed by atoms with Crippen LogP contribution in [0.3, 0.4) is 0 Å². The zero-order valence-electron chi connectivity index (χ0n) is 10.5. The third-order valence-corrected chi connectivity index (χ3v) is 3.29. The van der Waals surface area contributed by atoms with Crippen LogP contribution in [0, 0.1) is 13.8 Å². The molecule has 7 nitrogen and oxygen atoms in total. The molecule has 0 aromatic heterocycles. The fourth-order valence-electron chi connectivity index (χ4n) is 1.74. The minimum Gasteiger partial charge on any atom is -0.478 e. The van der Waals surface area contributed by atoms with Crippen LogP contribution < -0.4 is 0 Å². The molecule has 0 atom stereocenters. The standard InChI is InChI=1S/C10H10O7S.Na/c1-4-3-5(2)7(10(13)14)8(18(15,16)17)6(4)9(11)12;/h3H,1-2H3,(H,11,12)(H,13,14)(H,15,16,17);. The van der Waals surface area contributed by atoms with E-state index in [9.17, 15) is 18.0 Å². The maximum Gasteiger partial charge on any atom is 0.337 e. The number of rotatable bonds is 3. The van der Waals surface area contributed by atoms with Crippen molar-refractivity contribution in [2.45, 2.75) is 18.7 Å². The summed E-state index contributed by atoms with van der Waals surface area (Å²) in [6.45, 7) is 2.63. The zero-order chi connectivity index (χ0) is 14.2. The van der Waals surface area contributed by atoms with Crippen LogP contribution >= 0.6 is 0 Å². The smallest absolute Gasteiger partial charge is 0.337 e. The van der Waals surface area contributed by atoms with Crippen molar-refractivity contribution in [1.29, 1.82) is 0 Å². The van der Waals surface area contributed by atoms with Gasteiger partial charge in [0.25, 0.3) is 10.1 Å². The molecule has 0 aliphatic carbocycles. The molecule has 1 rings (SSSR count). The average Bonchev–Trinajstić information content (AvgIpc) is 2.13. The summed E-state index contributed by atoms with van der Waals surface area (Å²) in [4.78, 5) is 20.9. The van der Waals surface area contributed by atoms with Crippen LogP contribution in [0.2, 0.25) is 0 Å². The van der Waals surface area contributed by atoms with Crippen molar-refractivity contribution in [1.82, 2.24) is 0 Å². The Kier molecular flexibility index (Phi) is 5.72. The molecule has 1 aromatic carbocycles. The minimum atomic E-state index is -4.96. The molecule has 0 unspecified atom stereocenters. The second kappa shape index (κ2) is 6.02. The molecule has 0 aliphatic rings. The van der Waals surface area contributed by atoms with Crippen molar-refractivity contribution < 1.29 is 32.8 Å². The molecule has 0 amide bonds. The summed E-state index contributed by atoms with van der Waals surface area (Å²) >= 11 is 0. The van der Waals surface area contributed by atoms with Gasteiger partial charge in [0, 0.05) is 29.6 Å². The Hall–Kier alpha value is -0.930. The predicted octanol–water partition coefficient (Wildman–Crippen LogP) is 0.566. The molecule has 0 saturated carbocycles. The van der Waals surface area contributed by atoms with Gasteiger partial charge in [0.15, 0.2) is 0 Å². The van der Waals surface area contributed by atoms with Crippen LogP contribution in [0.15, 0.2) is 11.0 Å². The molecule has 1 radical (unpaired) electrons. The third kappa shape index (κ3) is 3.54. The number of aryl methyl sites for hydroxylation is 2. The number of aromatic carboxylic acids is 2. The van der Waals surface area contributed by atoms with Gasteiger partial charge in [0.2, 0.25) is 0 Å². The maximum absolute atomic E-state index is 11.2. The van der Waals surface area contributed by atoms with E-state index < -0.39 is 38.1 Å². The van der Waals surface area contributed by atoms with Gasteiger partial charge >= 0.3 is 11.9 Å². The molecule has 0 fully saturated rings. The molecule has 0 bridgehead atoms. The van der Waals surface area contributed by atoms with Gasteiger partial charge in [0.1, 0.15) is 4.90 Å². The number of hydrogen-bond donors (Lipinski definition) is 3. The van der Waals surface area contributed by atoms with E-state index in [2.05, 4.69) is 0 Å². The monoisotopic (exact) mass is 297 g/mol. The van der Waals surface area contributed by atoms with Crippen LogP contribution in [0.5, 0.6) is 0 Å². The van der Waals surface area contributed by atoms with E-state index in [1.54, 1.807) is 0 Å². The SMILES string of the molecule is Cc1cc(C)c(C(=O)O)c(S(=O)(=O)O)c1C(=O)O.[Na]. The molecule has 0 aliphatic heterocycles. The van der Waals surface area contributed by atoms with Gasteiger partial charge in [0.05, 0.1) is 11.1 Å². The molecule has 0 heterocycles. The first-order chi connectivity index (χ1) is 8.07. The Morgan fingerprint density at radius 1 is 1.00 bits per heavy atom. The second-order valence-electron chi connectivity index (χ2n) is 3.67. The normalized spacial score (nSPS) is 10.7. The van der Waals surface area contributed by atoms with Crippen LogP contribution in [-0.2, 0) is 10.1 Å². The van der Waals surface area contributed by atoms with E-state index >= 15 is 0 Å². The summed E-state index contributed by atoms with van der Waals surface area (Å²) in [7, 11) is -4.96. The molecule has 9 heteroatoms. The van der Waals surface area contributed by atoms with E-state index in [4.69, 9.17) is 14.8 Å². The topological polar surface area (TPSA) is 129 Å². The van der Waals surface area contributed by atoms with Gasteiger partial charge in [-0.1, -0.05) is 6.07 Å². The molecule has 0 spiro atoms. The number of carboxylic acids is 2. The van der Waals surface area contributed by atoms with E-state index in [1.807, 2.05) is 0 Å². The molecule has 3 N–H and O–H groups in total. The summed E-state index contributed by atoms with van der Waals surface area (Å²) in [6.07, 6.45) is 0. The van der Waals surface area contributed by atoms with Crippen LogP contribution in [-0.4, -0.2) is 64.7 Å². The third-order valence-electron chi connectivity index (χ3n) is 2.36. The summed E-state index contributed by atoms with van der Waals surface area (Å²) in [5, 5.41) is 17.9. The van der Waals surface area contributed by atoms with Gasteiger partial charge in [-0.25, -0.2) is 9.59 Å². The van der Waals surface area contributed by atoms with Gasteiger partial charge in [-0.15, -0.1) is 0 Å². The summed E-state index contributed by atoms with van der Waals surface area (Å²) in [6, 6.07) is 1.24. The molecular weight excluding hydrogens is 287 g/mol. The average molecular weight is 297 g/mol. The van der Waals surface area contributed by atoms with Crippen molar-refractivity contribution in [3.8, 4) is 0 Å². The van der Waals surface area contributed by atoms with Crippen molar-refractivity contribution in [2.75, 3.05) is 0 Å². The Balaban J connectivity index is 0.00000324. The number of carboxylic acid groups (broad SMARTS) is 2. The van der Waals surface area contributed by atoms with Crippen molar-refractivity contribution >= 4 is 51.6 Å². The number of carbonyl (C=O) groups is 2. The Bertz CT molecular complexity index is 610. The van der Waals surface area contributed by atoms with E-state index in [0.717, 1.165) is 0 Å². The maximum atomic E-state index is 11.2. The van der Waals surface area contributed by atoms with Crippen LogP contribution in [0.25, 0.3) is 0 Å². The van der Waals surface area contributed by atoms with Crippen molar-refractivity contribution in [2.24, 2.45) is 0 Å². The van der Waals surface area contributed by atoms with Crippen LogP contribution in [0.1, 0.15) is 31.8 Å². The Morgan fingerprint density at radius 2 is 1.32 bits per heavy atom. The quantitative estimate of drug-likeness (QED) is 0.549. The van der Waals surface area contributed by atoms with Gasteiger partial charge < -0.3 is 10.2 Å². The summed E-state index contributed by atoms with van der Waals surface area (Å²) in [5.41, 5.74) is -1.36. The Labute approximate surface area is 131 Å². The molecule has 1 aromatic rings. The summed E-state index contributed by atoms with van der Waals surface area (Å²) in [5.74, 6) is -3.25. The van der Waals surface area contributed by atoms with E-state index in [-0.39, 0.29) is 40.7 Å². The van der Waals surface area contributed by atoms with Gasteiger partial charge in [-0.05, 0) is 25.0 Å². The molecule has 99 valence electrons. The van der Waals surface area contributed by atoms with E-state index in [1.165, 1.54) is 19.9 Å². The summed E-state index contributed by atoms with van der Waals surface area (Å²) < 4.78 is 31.5. The first kappa shape index (κ1) is 18.1. The number of benzene rings is 1. The van der Waals surface area contributed by atoms with Crippen molar-refractivity contribution in [3.05, 3.63) is 28.3 Å². The fourth-order valence-corrected chi connectivity index (χ4v) is 2.75. The Morgan fingerprint density at radius 3 is 1.53 bits per heavy atom. The van der Waals surface area contributed by atoms with Crippen LogP contribution in [0.4, 0.5) is 0 Å². The zero-order valence-corrected chi connectivity index (χ0v) is 13.3. The number of hydrogen-bond acceptors (Lipinski definition) is 4. The largest absolute Gasteiger partial charge is 0.478 e. The van der Waals surface area contributed by atoms with E-state index in [0.29, 0.717) is 0 Å². The fraction of sp³-hybridized carbons (Fsp3) is 0.200. The van der Waals surface area contributed by atoms with Gasteiger partial charge in [-0.2, -0.15) is 8.42 Å². The van der Waals surface area contributed by atoms with Crippen molar-refractivity contribution in [3.63, 3.8) is 0 Å². The van der Waals surface area contributed by atoms with Gasteiger partial charge in [-0.3, -0.25) is 4.55 Å². The first-order valence-electron chi connectivity index (χ1n) is 4.65. The second-order valence-corrected chi connectivity index (χ2v) is 5.03. The minimum absolute atomic E-state index is 0.